The van der Waals surface area contributed by atoms with Crippen LogP contribution in [0, 0.1) is 11.7 Å². The maximum absolute atomic E-state index is 14.7. The first kappa shape index (κ1) is 20.1. The fourth-order valence-electron chi connectivity index (χ4n) is 4.94. The third kappa shape index (κ3) is 4.39. The van der Waals surface area contributed by atoms with Crippen molar-refractivity contribution in [3.05, 3.63) is 24.0 Å². The van der Waals surface area contributed by atoms with Crippen molar-refractivity contribution in [2.24, 2.45) is 5.92 Å². The molecule has 2 aliphatic heterocycles. The van der Waals surface area contributed by atoms with E-state index in [0.717, 1.165) is 25.7 Å². The van der Waals surface area contributed by atoms with Crippen molar-refractivity contribution < 1.29 is 18.7 Å². The minimum absolute atomic E-state index is 0.0419. The summed E-state index contributed by atoms with van der Waals surface area (Å²) in [7, 11) is 0. The number of ether oxygens (including phenoxy) is 1. The molecule has 2 amide bonds. The molecule has 3 aliphatic rings. The van der Waals surface area contributed by atoms with Crippen molar-refractivity contribution in [2.45, 2.75) is 64.2 Å². The van der Waals surface area contributed by atoms with Gasteiger partial charge < -0.3 is 19.9 Å². The number of morpholine rings is 1. The third-order valence-electron chi connectivity index (χ3n) is 6.27. The quantitative estimate of drug-likeness (QED) is 0.839. The summed E-state index contributed by atoms with van der Waals surface area (Å²) in [6.07, 6.45) is 4.69. The standard InChI is InChI=1S/C22H30FN3O3/c1-14-11-25(12-15(2)29-14)20-8-7-17(10-19(20)23)24-22(28)16-9-21(27)26(13-16)18-5-3-4-6-18/h7-8,10,14-16,18H,3-6,9,11-13H2,1-2H3,(H,24,28). The van der Waals surface area contributed by atoms with E-state index >= 15 is 0 Å². The van der Waals surface area contributed by atoms with Gasteiger partial charge in [-0.25, -0.2) is 4.39 Å². The topological polar surface area (TPSA) is 61.9 Å². The smallest absolute Gasteiger partial charge is 0.229 e. The van der Waals surface area contributed by atoms with Crippen LogP contribution >= 0.6 is 0 Å². The molecule has 3 atom stereocenters. The molecule has 1 saturated carbocycles. The zero-order valence-corrected chi connectivity index (χ0v) is 17.2. The minimum atomic E-state index is -0.369. The van der Waals surface area contributed by atoms with Gasteiger partial charge in [-0.1, -0.05) is 12.8 Å². The van der Waals surface area contributed by atoms with Crippen molar-refractivity contribution in [3.63, 3.8) is 0 Å². The Labute approximate surface area is 171 Å². The second-order valence-electron chi connectivity index (χ2n) is 8.70. The Hall–Kier alpha value is -2.15. The first-order valence-electron chi connectivity index (χ1n) is 10.7. The molecule has 2 saturated heterocycles. The van der Waals surface area contributed by atoms with Crippen LogP contribution in [0.25, 0.3) is 0 Å². The summed E-state index contributed by atoms with van der Waals surface area (Å²) < 4.78 is 20.5. The molecule has 0 bridgehead atoms. The summed E-state index contributed by atoms with van der Waals surface area (Å²) in [6, 6.07) is 5.09. The molecule has 0 radical (unpaired) electrons. The molecule has 3 unspecified atom stereocenters. The lowest BCUT2D eigenvalue weighted by atomic mass is 10.1. The number of rotatable bonds is 4. The second-order valence-corrected chi connectivity index (χ2v) is 8.70. The lowest BCUT2D eigenvalue weighted by Gasteiger charge is -2.37. The second kappa shape index (κ2) is 8.30. The van der Waals surface area contributed by atoms with Gasteiger partial charge in [0.05, 0.1) is 23.8 Å². The van der Waals surface area contributed by atoms with E-state index in [0.29, 0.717) is 31.0 Å². The molecule has 0 aromatic heterocycles. The van der Waals surface area contributed by atoms with Gasteiger partial charge in [-0.2, -0.15) is 0 Å². The number of halogens is 1. The number of benzene rings is 1. The highest BCUT2D eigenvalue weighted by Crippen LogP contribution is 2.31. The van der Waals surface area contributed by atoms with E-state index in [1.54, 1.807) is 12.1 Å². The average molecular weight is 403 g/mol. The SMILES string of the molecule is CC1CN(c2ccc(NC(=O)C3CC(=O)N(C4CCCC4)C3)cc2F)CC(C)O1. The Morgan fingerprint density at radius 3 is 2.48 bits per heavy atom. The van der Waals surface area contributed by atoms with Crippen molar-refractivity contribution in [2.75, 3.05) is 29.9 Å². The molecule has 29 heavy (non-hydrogen) atoms. The fraction of sp³-hybridized carbons (Fsp3) is 0.636. The van der Waals surface area contributed by atoms with E-state index < -0.39 is 0 Å². The van der Waals surface area contributed by atoms with Gasteiger partial charge >= 0.3 is 0 Å². The zero-order valence-electron chi connectivity index (χ0n) is 17.2. The molecule has 1 aromatic carbocycles. The van der Waals surface area contributed by atoms with E-state index in [1.807, 2.05) is 23.6 Å². The summed E-state index contributed by atoms with van der Waals surface area (Å²) in [5.41, 5.74) is 0.950. The summed E-state index contributed by atoms with van der Waals surface area (Å²) in [5, 5.41) is 2.80. The highest BCUT2D eigenvalue weighted by atomic mass is 19.1. The van der Waals surface area contributed by atoms with E-state index in [1.165, 1.54) is 6.07 Å². The largest absolute Gasteiger partial charge is 0.372 e. The van der Waals surface area contributed by atoms with Gasteiger partial charge in [0.25, 0.3) is 0 Å². The van der Waals surface area contributed by atoms with Crippen molar-refractivity contribution >= 4 is 23.2 Å². The van der Waals surface area contributed by atoms with Crippen LogP contribution in [0.15, 0.2) is 18.2 Å². The molecule has 6 nitrogen and oxygen atoms in total. The Bertz CT molecular complexity index is 771. The van der Waals surface area contributed by atoms with Gasteiger partial charge in [-0.05, 0) is 44.9 Å². The summed E-state index contributed by atoms with van der Waals surface area (Å²) in [4.78, 5) is 28.8. The molecule has 1 aromatic rings. The molecule has 4 rings (SSSR count). The third-order valence-corrected chi connectivity index (χ3v) is 6.27. The zero-order chi connectivity index (χ0) is 20.5. The van der Waals surface area contributed by atoms with Crippen LogP contribution in [-0.2, 0) is 14.3 Å². The van der Waals surface area contributed by atoms with Crippen LogP contribution in [0.1, 0.15) is 46.0 Å². The lowest BCUT2D eigenvalue weighted by molar-refractivity contribution is -0.129. The van der Waals surface area contributed by atoms with Gasteiger partial charge in [0.15, 0.2) is 0 Å². The number of amides is 2. The highest BCUT2D eigenvalue weighted by molar-refractivity contribution is 5.97. The number of likely N-dealkylation sites (tertiary alicyclic amines) is 1. The van der Waals surface area contributed by atoms with Crippen LogP contribution in [0.4, 0.5) is 15.8 Å². The predicted molar refractivity (Wildman–Crippen MR) is 109 cm³/mol. The number of hydrogen-bond donors (Lipinski definition) is 1. The van der Waals surface area contributed by atoms with Crippen LogP contribution in [0.2, 0.25) is 0 Å². The van der Waals surface area contributed by atoms with Gasteiger partial charge in [0, 0.05) is 37.8 Å². The number of anilines is 2. The van der Waals surface area contributed by atoms with Crippen molar-refractivity contribution in [3.8, 4) is 0 Å². The first-order chi connectivity index (χ1) is 13.9. The number of nitrogens with one attached hydrogen (secondary N) is 1. The minimum Gasteiger partial charge on any atom is -0.372 e. The lowest BCUT2D eigenvalue weighted by Crippen LogP contribution is -2.45. The maximum atomic E-state index is 14.7. The van der Waals surface area contributed by atoms with Gasteiger partial charge in [0.2, 0.25) is 11.8 Å². The van der Waals surface area contributed by atoms with Crippen LogP contribution in [-0.4, -0.2) is 54.6 Å². The Morgan fingerprint density at radius 1 is 1.14 bits per heavy atom. The summed E-state index contributed by atoms with van der Waals surface area (Å²) in [6.45, 7) is 5.70. The van der Waals surface area contributed by atoms with E-state index in [2.05, 4.69) is 5.32 Å². The fourth-order valence-corrected chi connectivity index (χ4v) is 4.94. The van der Waals surface area contributed by atoms with Crippen LogP contribution in [0.3, 0.4) is 0 Å². The number of hydrogen-bond acceptors (Lipinski definition) is 4. The van der Waals surface area contributed by atoms with E-state index in [4.69, 9.17) is 4.74 Å². The Morgan fingerprint density at radius 2 is 1.83 bits per heavy atom. The molecule has 7 heteroatoms. The van der Waals surface area contributed by atoms with Gasteiger partial charge in [0.1, 0.15) is 5.82 Å². The molecule has 2 heterocycles. The molecular formula is C22H30FN3O3. The van der Waals surface area contributed by atoms with Crippen molar-refractivity contribution in [1.29, 1.82) is 0 Å². The molecular weight excluding hydrogens is 373 g/mol. The van der Waals surface area contributed by atoms with E-state index in [-0.39, 0.29) is 48.2 Å². The predicted octanol–water partition coefficient (Wildman–Crippen LogP) is 3.17. The number of nitrogens with zero attached hydrogens (tertiary/aromatic N) is 2. The summed E-state index contributed by atoms with van der Waals surface area (Å²) >= 11 is 0. The molecule has 3 fully saturated rings. The molecule has 1 N–H and O–H groups in total. The highest BCUT2D eigenvalue weighted by Gasteiger charge is 2.38. The average Bonchev–Trinajstić information content (AvgIpc) is 3.30. The van der Waals surface area contributed by atoms with Gasteiger partial charge in [-0.3, -0.25) is 9.59 Å². The van der Waals surface area contributed by atoms with Crippen LogP contribution in [0.5, 0.6) is 0 Å². The Kier molecular flexibility index (Phi) is 5.76. The first-order valence-corrected chi connectivity index (χ1v) is 10.7. The maximum Gasteiger partial charge on any atom is 0.229 e. The molecule has 158 valence electrons. The van der Waals surface area contributed by atoms with Gasteiger partial charge in [-0.15, -0.1) is 0 Å². The van der Waals surface area contributed by atoms with Crippen molar-refractivity contribution in [1.82, 2.24) is 4.90 Å². The summed E-state index contributed by atoms with van der Waals surface area (Å²) in [5.74, 6) is -0.875. The Balaban J connectivity index is 1.39. The molecule has 1 aliphatic carbocycles. The normalized spacial score (nSPS) is 28.2. The van der Waals surface area contributed by atoms with Crippen LogP contribution < -0.4 is 10.2 Å². The number of carbonyl (C=O) groups is 2. The number of carbonyl (C=O) groups excluding carboxylic acids is 2. The molecule has 0 spiro atoms. The monoisotopic (exact) mass is 403 g/mol. The van der Waals surface area contributed by atoms with E-state index in [9.17, 15) is 14.0 Å².